The smallest absolute Gasteiger partial charge is 0.153 e. The molecule has 1 saturated carbocycles. The molecule has 2 rings (SSSR count). The van der Waals surface area contributed by atoms with Crippen LogP contribution in [0.5, 0.6) is 0 Å². The minimum atomic E-state index is 0.514. The monoisotopic (exact) mass is 206 g/mol. The number of nitrogens with one attached hydrogen (secondary N) is 1. The van der Waals surface area contributed by atoms with E-state index in [0.29, 0.717) is 12.6 Å². The normalized spacial score (nSPS) is 25.5. The highest BCUT2D eigenvalue weighted by molar-refractivity contribution is 5.43. The van der Waals surface area contributed by atoms with Crippen molar-refractivity contribution in [1.82, 2.24) is 10.2 Å². The molecule has 15 heavy (non-hydrogen) atoms. The minimum absolute atomic E-state index is 0.514. The van der Waals surface area contributed by atoms with Crippen molar-refractivity contribution < 1.29 is 0 Å². The first-order valence-electron chi connectivity index (χ1n) is 5.56. The highest BCUT2D eigenvalue weighted by Crippen LogP contribution is 2.27. The van der Waals surface area contributed by atoms with Crippen molar-refractivity contribution in [1.29, 1.82) is 0 Å². The zero-order chi connectivity index (χ0) is 10.7. The van der Waals surface area contributed by atoms with Crippen molar-refractivity contribution in [2.75, 3.05) is 5.32 Å². The minimum Gasteiger partial charge on any atom is -0.366 e. The standard InChI is InChI=1S/C11H18N4/c1-8-2-3-10(6-8)14-11-9(7-12)4-5-13-15-11/h4-5,8,10H,2-3,6-7,12H2,1H3,(H,14,15). The average molecular weight is 206 g/mol. The summed E-state index contributed by atoms with van der Waals surface area (Å²) < 4.78 is 0. The van der Waals surface area contributed by atoms with E-state index in [4.69, 9.17) is 5.73 Å². The van der Waals surface area contributed by atoms with Gasteiger partial charge < -0.3 is 11.1 Å². The van der Waals surface area contributed by atoms with Crippen molar-refractivity contribution >= 4 is 5.82 Å². The second kappa shape index (κ2) is 4.57. The summed E-state index contributed by atoms with van der Waals surface area (Å²) in [5.74, 6) is 1.68. The van der Waals surface area contributed by atoms with Crippen molar-refractivity contribution in [3.63, 3.8) is 0 Å². The Labute approximate surface area is 90.3 Å². The van der Waals surface area contributed by atoms with Gasteiger partial charge in [-0.2, -0.15) is 5.10 Å². The fourth-order valence-corrected chi connectivity index (χ4v) is 2.18. The maximum Gasteiger partial charge on any atom is 0.153 e. The summed E-state index contributed by atoms with van der Waals surface area (Å²) in [7, 11) is 0. The SMILES string of the molecule is CC1CCC(Nc2nnccc2CN)C1. The third-order valence-electron chi connectivity index (χ3n) is 3.06. The summed E-state index contributed by atoms with van der Waals surface area (Å²) in [5, 5.41) is 11.4. The van der Waals surface area contributed by atoms with E-state index in [-0.39, 0.29) is 0 Å². The molecule has 1 aliphatic carbocycles. The summed E-state index contributed by atoms with van der Waals surface area (Å²) in [5.41, 5.74) is 6.69. The number of aromatic nitrogens is 2. The molecule has 1 aromatic rings. The van der Waals surface area contributed by atoms with Crippen molar-refractivity contribution in [3.05, 3.63) is 17.8 Å². The van der Waals surface area contributed by atoms with Crippen LogP contribution in [-0.4, -0.2) is 16.2 Å². The van der Waals surface area contributed by atoms with Gasteiger partial charge in [-0.15, -0.1) is 5.10 Å². The number of rotatable bonds is 3. The average Bonchev–Trinajstić information content (AvgIpc) is 2.65. The molecule has 2 atom stereocenters. The van der Waals surface area contributed by atoms with E-state index < -0.39 is 0 Å². The first-order valence-corrected chi connectivity index (χ1v) is 5.56. The third-order valence-corrected chi connectivity index (χ3v) is 3.06. The molecule has 0 saturated heterocycles. The Hall–Kier alpha value is -1.16. The Bertz CT molecular complexity index is 326. The van der Waals surface area contributed by atoms with Crippen LogP contribution in [0.3, 0.4) is 0 Å². The predicted octanol–water partition coefficient (Wildman–Crippen LogP) is 1.54. The summed E-state index contributed by atoms with van der Waals surface area (Å²) in [6.45, 7) is 2.81. The van der Waals surface area contributed by atoms with Gasteiger partial charge in [0.1, 0.15) is 0 Å². The van der Waals surface area contributed by atoms with Crippen molar-refractivity contribution in [3.8, 4) is 0 Å². The van der Waals surface area contributed by atoms with Gasteiger partial charge >= 0.3 is 0 Å². The molecule has 1 heterocycles. The number of nitrogens with zero attached hydrogens (tertiary/aromatic N) is 2. The van der Waals surface area contributed by atoms with E-state index >= 15 is 0 Å². The largest absolute Gasteiger partial charge is 0.366 e. The Balaban J connectivity index is 2.04. The second-order valence-corrected chi connectivity index (χ2v) is 4.37. The molecule has 4 nitrogen and oxygen atoms in total. The van der Waals surface area contributed by atoms with Crippen LogP contribution < -0.4 is 11.1 Å². The van der Waals surface area contributed by atoms with E-state index in [2.05, 4.69) is 22.4 Å². The molecule has 82 valence electrons. The molecule has 0 spiro atoms. The molecule has 1 aliphatic rings. The quantitative estimate of drug-likeness (QED) is 0.787. The molecule has 1 fully saturated rings. The van der Waals surface area contributed by atoms with Gasteiger partial charge in [0.25, 0.3) is 0 Å². The molecular weight excluding hydrogens is 188 g/mol. The van der Waals surface area contributed by atoms with E-state index in [0.717, 1.165) is 17.3 Å². The summed E-state index contributed by atoms with van der Waals surface area (Å²) in [6.07, 6.45) is 5.43. The van der Waals surface area contributed by atoms with Crippen LogP contribution >= 0.6 is 0 Å². The topological polar surface area (TPSA) is 63.8 Å². The lowest BCUT2D eigenvalue weighted by Crippen LogP contribution is -2.18. The molecule has 0 aromatic carbocycles. The Morgan fingerprint density at radius 1 is 1.53 bits per heavy atom. The highest BCUT2D eigenvalue weighted by atomic mass is 15.2. The van der Waals surface area contributed by atoms with Crippen LogP contribution in [-0.2, 0) is 6.54 Å². The molecule has 0 radical (unpaired) electrons. The van der Waals surface area contributed by atoms with Gasteiger partial charge in [0.15, 0.2) is 5.82 Å². The maximum atomic E-state index is 5.64. The van der Waals surface area contributed by atoms with E-state index in [9.17, 15) is 0 Å². The first-order chi connectivity index (χ1) is 7.29. The highest BCUT2D eigenvalue weighted by Gasteiger charge is 2.21. The lowest BCUT2D eigenvalue weighted by Gasteiger charge is -2.14. The zero-order valence-electron chi connectivity index (χ0n) is 9.11. The van der Waals surface area contributed by atoms with Gasteiger partial charge in [-0.25, -0.2) is 0 Å². The van der Waals surface area contributed by atoms with Gasteiger partial charge in [0.2, 0.25) is 0 Å². The molecule has 0 amide bonds. The van der Waals surface area contributed by atoms with Crippen molar-refractivity contribution in [2.45, 2.75) is 38.8 Å². The summed E-state index contributed by atoms with van der Waals surface area (Å²) in [6, 6.07) is 2.47. The lowest BCUT2D eigenvalue weighted by atomic mass is 10.1. The van der Waals surface area contributed by atoms with Crippen molar-refractivity contribution in [2.24, 2.45) is 11.7 Å². The van der Waals surface area contributed by atoms with E-state index in [1.165, 1.54) is 19.3 Å². The van der Waals surface area contributed by atoms with Crippen LogP contribution in [0.1, 0.15) is 31.7 Å². The number of nitrogens with two attached hydrogens (primary N) is 1. The maximum absolute atomic E-state index is 5.64. The van der Waals surface area contributed by atoms with Gasteiger partial charge in [-0.1, -0.05) is 6.92 Å². The zero-order valence-corrected chi connectivity index (χ0v) is 9.11. The molecular formula is C11H18N4. The van der Waals surface area contributed by atoms with Gasteiger partial charge in [0.05, 0.1) is 6.20 Å². The van der Waals surface area contributed by atoms with Crippen LogP contribution in [0.2, 0.25) is 0 Å². The first kappa shape index (κ1) is 10.4. The molecule has 4 heteroatoms. The predicted molar refractivity (Wildman–Crippen MR) is 60.3 cm³/mol. The van der Waals surface area contributed by atoms with Gasteiger partial charge in [-0.05, 0) is 31.2 Å². The fourth-order valence-electron chi connectivity index (χ4n) is 2.18. The summed E-state index contributed by atoms with van der Waals surface area (Å²) >= 11 is 0. The number of hydrogen-bond donors (Lipinski definition) is 2. The fraction of sp³-hybridized carbons (Fsp3) is 0.636. The Morgan fingerprint density at radius 3 is 3.07 bits per heavy atom. The van der Waals surface area contributed by atoms with E-state index in [1.54, 1.807) is 6.20 Å². The summed E-state index contributed by atoms with van der Waals surface area (Å²) in [4.78, 5) is 0. The van der Waals surface area contributed by atoms with Crippen LogP contribution in [0.4, 0.5) is 5.82 Å². The second-order valence-electron chi connectivity index (χ2n) is 4.37. The Morgan fingerprint density at radius 2 is 2.40 bits per heavy atom. The number of hydrogen-bond acceptors (Lipinski definition) is 4. The Kier molecular flexibility index (Phi) is 3.16. The molecule has 0 bridgehead atoms. The molecule has 1 aromatic heterocycles. The van der Waals surface area contributed by atoms with Gasteiger partial charge in [0, 0.05) is 18.2 Å². The van der Waals surface area contributed by atoms with E-state index in [1.807, 2.05) is 6.07 Å². The molecule has 0 aliphatic heterocycles. The number of anilines is 1. The molecule has 2 unspecified atom stereocenters. The van der Waals surface area contributed by atoms with Crippen LogP contribution in [0.25, 0.3) is 0 Å². The van der Waals surface area contributed by atoms with Crippen LogP contribution in [0.15, 0.2) is 12.3 Å². The van der Waals surface area contributed by atoms with Crippen LogP contribution in [0, 0.1) is 5.92 Å². The molecule has 3 N–H and O–H groups in total. The lowest BCUT2D eigenvalue weighted by molar-refractivity contribution is 0.602. The third kappa shape index (κ3) is 2.45. The van der Waals surface area contributed by atoms with Gasteiger partial charge in [-0.3, -0.25) is 0 Å².